The van der Waals surface area contributed by atoms with Gasteiger partial charge in [-0.2, -0.15) is 5.26 Å². The van der Waals surface area contributed by atoms with Gasteiger partial charge in [-0.1, -0.05) is 39.5 Å². The molecule has 102 valence electrons. The molecule has 0 aromatic heterocycles. The first-order valence-corrected chi connectivity index (χ1v) is 7.06. The molecule has 1 saturated carbocycles. The predicted molar refractivity (Wildman–Crippen MR) is 69.3 cm³/mol. The number of carbonyl (C=O) groups is 1. The Balaban J connectivity index is 2.55. The van der Waals surface area contributed by atoms with Crippen molar-refractivity contribution in [3.05, 3.63) is 0 Å². The van der Waals surface area contributed by atoms with Crippen LogP contribution in [-0.2, 0) is 9.63 Å². The van der Waals surface area contributed by atoms with Gasteiger partial charge in [-0.3, -0.25) is 9.63 Å². The zero-order chi connectivity index (χ0) is 13.4. The molecule has 0 spiro atoms. The lowest BCUT2D eigenvalue weighted by molar-refractivity contribution is -0.146. The van der Waals surface area contributed by atoms with E-state index in [0.29, 0.717) is 12.8 Å². The Labute approximate surface area is 110 Å². The number of carbonyl (C=O) groups excluding carboxylic acids is 1. The highest BCUT2D eigenvalue weighted by Crippen LogP contribution is 2.30. The fourth-order valence-corrected chi connectivity index (χ4v) is 2.61. The van der Waals surface area contributed by atoms with Gasteiger partial charge in [0.25, 0.3) is 5.91 Å². The number of rotatable bonds is 7. The molecule has 1 aliphatic carbocycles. The van der Waals surface area contributed by atoms with Crippen LogP contribution in [-0.4, -0.2) is 12.0 Å². The molecule has 4 nitrogen and oxygen atoms in total. The van der Waals surface area contributed by atoms with E-state index in [2.05, 4.69) is 11.5 Å². The quantitative estimate of drug-likeness (QED) is 0.708. The van der Waals surface area contributed by atoms with E-state index in [-0.39, 0.29) is 12.0 Å². The van der Waals surface area contributed by atoms with Crippen LogP contribution in [0.15, 0.2) is 0 Å². The zero-order valence-electron chi connectivity index (χ0n) is 11.5. The molecule has 0 bridgehead atoms. The second-order valence-electron chi connectivity index (χ2n) is 5.15. The third kappa shape index (κ3) is 3.71. The van der Waals surface area contributed by atoms with Crippen molar-refractivity contribution >= 4 is 5.91 Å². The van der Waals surface area contributed by atoms with Gasteiger partial charge in [-0.25, -0.2) is 5.48 Å². The van der Waals surface area contributed by atoms with Crippen LogP contribution in [0.25, 0.3) is 0 Å². The number of nitrogens with zero attached hydrogens (tertiary/aromatic N) is 1. The maximum Gasteiger partial charge on any atom is 0.263 e. The van der Waals surface area contributed by atoms with Crippen LogP contribution in [0.3, 0.4) is 0 Å². The van der Waals surface area contributed by atoms with Crippen molar-refractivity contribution in [2.45, 2.75) is 71.3 Å². The van der Waals surface area contributed by atoms with Crippen molar-refractivity contribution in [3.63, 3.8) is 0 Å². The van der Waals surface area contributed by atoms with Crippen molar-refractivity contribution in [1.29, 1.82) is 5.26 Å². The summed E-state index contributed by atoms with van der Waals surface area (Å²) in [4.78, 5) is 17.6. The van der Waals surface area contributed by atoms with Crippen LogP contribution in [0.5, 0.6) is 0 Å². The first-order valence-electron chi connectivity index (χ1n) is 7.06. The lowest BCUT2D eigenvalue weighted by Gasteiger charge is -2.25. The second-order valence-corrected chi connectivity index (χ2v) is 5.15. The number of amides is 1. The summed E-state index contributed by atoms with van der Waals surface area (Å²) < 4.78 is 0. The van der Waals surface area contributed by atoms with Gasteiger partial charge in [-0.15, -0.1) is 0 Å². The lowest BCUT2D eigenvalue weighted by atomic mass is 9.80. The van der Waals surface area contributed by atoms with Crippen LogP contribution < -0.4 is 5.48 Å². The number of nitrogens with one attached hydrogen (secondary N) is 1. The highest BCUT2D eigenvalue weighted by Gasteiger charge is 2.37. The molecule has 4 heteroatoms. The Morgan fingerprint density at radius 3 is 2.33 bits per heavy atom. The monoisotopic (exact) mass is 252 g/mol. The lowest BCUT2D eigenvalue weighted by Crippen LogP contribution is -2.41. The maximum absolute atomic E-state index is 12.2. The number of hydrogen-bond donors (Lipinski definition) is 1. The Morgan fingerprint density at radius 1 is 1.33 bits per heavy atom. The average Bonchev–Trinajstić information content (AvgIpc) is 2.88. The zero-order valence-corrected chi connectivity index (χ0v) is 11.5. The van der Waals surface area contributed by atoms with Gasteiger partial charge in [0, 0.05) is 0 Å². The van der Waals surface area contributed by atoms with Gasteiger partial charge in [-0.05, 0) is 25.7 Å². The summed E-state index contributed by atoms with van der Waals surface area (Å²) in [6.45, 7) is 3.99. The molecule has 1 amide bonds. The molecular weight excluding hydrogens is 228 g/mol. The second kappa shape index (κ2) is 7.38. The van der Waals surface area contributed by atoms with Gasteiger partial charge >= 0.3 is 0 Å². The van der Waals surface area contributed by atoms with E-state index in [4.69, 9.17) is 4.84 Å². The minimum Gasteiger partial charge on any atom is -0.271 e. The summed E-state index contributed by atoms with van der Waals surface area (Å²) in [6, 6.07) is 2.20. The highest BCUT2D eigenvalue weighted by molar-refractivity contribution is 5.84. The van der Waals surface area contributed by atoms with Gasteiger partial charge in [0.2, 0.25) is 0 Å². The normalized spacial score (nSPS) is 16.5. The smallest absolute Gasteiger partial charge is 0.263 e. The van der Waals surface area contributed by atoms with Crippen molar-refractivity contribution in [1.82, 2.24) is 5.48 Å². The maximum atomic E-state index is 12.2. The van der Waals surface area contributed by atoms with Crippen molar-refractivity contribution in [2.24, 2.45) is 5.41 Å². The van der Waals surface area contributed by atoms with Crippen LogP contribution in [0.1, 0.15) is 65.2 Å². The van der Waals surface area contributed by atoms with E-state index < -0.39 is 5.41 Å². The van der Waals surface area contributed by atoms with E-state index in [1.807, 2.05) is 13.8 Å². The largest absolute Gasteiger partial charge is 0.271 e. The molecule has 18 heavy (non-hydrogen) atoms. The topological polar surface area (TPSA) is 62.1 Å². The summed E-state index contributed by atoms with van der Waals surface area (Å²) in [5.74, 6) is -0.263. The van der Waals surface area contributed by atoms with Gasteiger partial charge < -0.3 is 0 Å². The molecule has 1 N–H and O–H groups in total. The van der Waals surface area contributed by atoms with Gasteiger partial charge in [0.15, 0.2) is 0 Å². The third-order valence-corrected chi connectivity index (χ3v) is 3.62. The van der Waals surface area contributed by atoms with E-state index in [1.165, 1.54) is 0 Å². The Hall–Kier alpha value is -1.08. The van der Waals surface area contributed by atoms with E-state index in [9.17, 15) is 10.1 Å². The molecule has 0 heterocycles. The summed E-state index contributed by atoms with van der Waals surface area (Å²) in [5.41, 5.74) is 1.61. The van der Waals surface area contributed by atoms with E-state index >= 15 is 0 Å². The summed E-state index contributed by atoms with van der Waals surface area (Å²) in [6.07, 6.45) is 7.29. The van der Waals surface area contributed by atoms with Gasteiger partial charge in [0.1, 0.15) is 5.41 Å². The average molecular weight is 252 g/mol. The molecule has 1 aliphatic rings. The molecule has 0 atom stereocenters. The Morgan fingerprint density at radius 2 is 1.89 bits per heavy atom. The molecular formula is C14H24N2O2. The fourth-order valence-electron chi connectivity index (χ4n) is 2.61. The standard InChI is InChI=1S/C14H24N2O2/c1-3-9-14(11-15,10-4-2)13(17)16-18-12-7-5-6-8-12/h12H,3-10H2,1-2H3,(H,16,17). The number of nitriles is 1. The number of hydroxylamine groups is 1. The highest BCUT2D eigenvalue weighted by atomic mass is 16.7. The Bertz CT molecular complexity index is 297. The predicted octanol–water partition coefficient (Wildman–Crippen LogP) is 3.09. The molecule has 0 unspecified atom stereocenters. The molecule has 0 aromatic rings. The summed E-state index contributed by atoms with van der Waals surface area (Å²) in [5, 5.41) is 9.33. The summed E-state index contributed by atoms with van der Waals surface area (Å²) >= 11 is 0. The Kier molecular flexibility index (Phi) is 6.14. The van der Waals surface area contributed by atoms with E-state index in [1.54, 1.807) is 0 Å². The SMILES string of the molecule is CCCC(C#N)(CCC)C(=O)NOC1CCCC1. The molecule has 0 saturated heterocycles. The summed E-state index contributed by atoms with van der Waals surface area (Å²) in [7, 11) is 0. The van der Waals surface area contributed by atoms with Crippen LogP contribution in [0.4, 0.5) is 0 Å². The third-order valence-electron chi connectivity index (χ3n) is 3.62. The van der Waals surface area contributed by atoms with Crippen molar-refractivity contribution < 1.29 is 9.63 Å². The minimum absolute atomic E-state index is 0.133. The van der Waals surface area contributed by atoms with Gasteiger partial charge in [0.05, 0.1) is 12.2 Å². The first-order chi connectivity index (χ1) is 8.68. The van der Waals surface area contributed by atoms with Crippen LogP contribution in [0, 0.1) is 16.7 Å². The molecule has 0 aromatic carbocycles. The first kappa shape index (κ1) is 15.0. The van der Waals surface area contributed by atoms with E-state index in [0.717, 1.165) is 38.5 Å². The molecule has 0 radical (unpaired) electrons. The molecule has 0 aliphatic heterocycles. The van der Waals surface area contributed by atoms with Crippen LogP contribution >= 0.6 is 0 Å². The fraction of sp³-hybridized carbons (Fsp3) is 0.857. The molecule has 1 rings (SSSR count). The molecule has 1 fully saturated rings. The van der Waals surface area contributed by atoms with Crippen LogP contribution in [0.2, 0.25) is 0 Å². The van der Waals surface area contributed by atoms with Crippen molar-refractivity contribution in [3.8, 4) is 6.07 Å². The number of hydrogen-bond acceptors (Lipinski definition) is 3. The van der Waals surface area contributed by atoms with Crippen molar-refractivity contribution in [2.75, 3.05) is 0 Å². The minimum atomic E-state index is -0.915.